The molecule has 1 aromatic carbocycles. The standard InChI is InChI=1S/C21H36N4O4.HI/c1-4-22-20(24-16-21(2,26)17-25-9-11-28-12-10-25)23-15-18-5-7-19(8-6-18)29-14-13-27-3;/h5-8,26H,4,9-17H2,1-3H3,(H2,22,23,24);1H. The summed E-state index contributed by atoms with van der Waals surface area (Å²) in [6.07, 6.45) is 0. The topological polar surface area (TPSA) is 87.6 Å². The first-order valence-electron chi connectivity index (χ1n) is 10.3. The van der Waals surface area contributed by atoms with Crippen molar-refractivity contribution >= 4 is 29.9 Å². The maximum atomic E-state index is 10.7. The number of aliphatic hydroxyl groups is 1. The molecule has 0 amide bonds. The third kappa shape index (κ3) is 10.8. The van der Waals surface area contributed by atoms with E-state index in [9.17, 15) is 5.11 Å². The quantitative estimate of drug-likeness (QED) is 0.171. The maximum Gasteiger partial charge on any atom is 0.191 e. The number of morpholine rings is 1. The summed E-state index contributed by atoms with van der Waals surface area (Å²) in [5.74, 6) is 1.51. The van der Waals surface area contributed by atoms with Gasteiger partial charge in [0.15, 0.2) is 5.96 Å². The Morgan fingerprint density at radius 3 is 2.53 bits per heavy atom. The van der Waals surface area contributed by atoms with Gasteiger partial charge in [-0.05, 0) is 31.5 Å². The lowest BCUT2D eigenvalue weighted by Crippen LogP contribution is -2.52. The molecule has 0 bridgehead atoms. The van der Waals surface area contributed by atoms with Crippen LogP contribution in [0.25, 0.3) is 0 Å². The normalized spacial score (nSPS) is 17.0. The van der Waals surface area contributed by atoms with E-state index in [1.54, 1.807) is 7.11 Å². The molecular weight excluding hydrogens is 499 g/mol. The summed E-state index contributed by atoms with van der Waals surface area (Å²) in [4.78, 5) is 6.86. The van der Waals surface area contributed by atoms with Crippen LogP contribution >= 0.6 is 24.0 Å². The van der Waals surface area contributed by atoms with E-state index < -0.39 is 5.60 Å². The second-order valence-electron chi connectivity index (χ2n) is 7.42. The van der Waals surface area contributed by atoms with Crippen LogP contribution in [0.4, 0.5) is 0 Å². The van der Waals surface area contributed by atoms with Crippen molar-refractivity contribution in [3.05, 3.63) is 29.8 Å². The largest absolute Gasteiger partial charge is 0.491 e. The van der Waals surface area contributed by atoms with E-state index in [2.05, 4.69) is 20.5 Å². The van der Waals surface area contributed by atoms with Crippen LogP contribution in [0.5, 0.6) is 5.75 Å². The molecule has 8 nitrogen and oxygen atoms in total. The molecule has 0 aromatic heterocycles. The van der Waals surface area contributed by atoms with Gasteiger partial charge in [0.05, 0.1) is 32.0 Å². The lowest BCUT2D eigenvalue weighted by atomic mass is 10.1. The Labute approximate surface area is 197 Å². The minimum Gasteiger partial charge on any atom is -0.491 e. The molecule has 1 saturated heterocycles. The second-order valence-corrected chi connectivity index (χ2v) is 7.42. The summed E-state index contributed by atoms with van der Waals surface area (Å²) in [5.41, 5.74) is 0.232. The smallest absolute Gasteiger partial charge is 0.191 e. The molecule has 2 rings (SSSR count). The summed E-state index contributed by atoms with van der Waals surface area (Å²) < 4.78 is 15.9. The molecule has 3 N–H and O–H groups in total. The van der Waals surface area contributed by atoms with Crippen LogP contribution in [0.3, 0.4) is 0 Å². The van der Waals surface area contributed by atoms with Crippen LogP contribution < -0.4 is 15.4 Å². The monoisotopic (exact) mass is 536 g/mol. The maximum absolute atomic E-state index is 10.7. The number of ether oxygens (including phenoxy) is 3. The fourth-order valence-corrected chi connectivity index (χ4v) is 3.02. The van der Waals surface area contributed by atoms with E-state index in [1.807, 2.05) is 38.1 Å². The summed E-state index contributed by atoms with van der Waals surface area (Å²) in [6.45, 7) is 10.5. The van der Waals surface area contributed by atoms with Crippen molar-refractivity contribution in [3.8, 4) is 5.75 Å². The zero-order valence-electron chi connectivity index (χ0n) is 18.4. The van der Waals surface area contributed by atoms with Crippen molar-refractivity contribution in [1.29, 1.82) is 0 Å². The van der Waals surface area contributed by atoms with E-state index in [0.29, 0.717) is 38.8 Å². The van der Waals surface area contributed by atoms with Crippen molar-refractivity contribution in [1.82, 2.24) is 15.5 Å². The van der Waals surface area contributed by atoms with E-state index >= 15 is 0 Å². The molecule has 1 aliphatic rings. The highest BCUT2D eigenvalue weighted by Crippen LogP contribution is 2.13. The number of guanidine groups is 1. The Balaban J connectivity index is 0.00000450. The fourth-order valence-electron chi connectivity index (χ4n) is 3.02. The molecule has 1 aromatic rings. The van der Waals surface area contributed by atoms with Gasteiger partial charge in [0.25, 0.3) is 0 Å². The van der Waals surface area contributed by atoms with Crippen molar-refractivity contribution in [3.63, 3.8) is 0 Å². The number of methoxy groups -OCH3 is 1. The number of benzene rings is 1. The van der Waals surface area contributed by atoms with Crippen LogP contribution in [0.1, 0.15) is 19.4 Å². The molecular formula is C21H37IN4O4. The van der Waals surface area contributed by atoms with Gasteiger partial charge in [-0.3, -0.25) is 4.90 Å². The van der Waals surface area contributed by atoms with Gasteiger partial charge in [-0.25, -0.2) is 4.99 Å². The van der Waals surface area contributed by atoms with Gasteiger partial charge in [0.2, 0.25) is 0 Å². The van der Waals surface area contributed by atoms with E-state index in [-0.39, 0.29) is 24.0 Å². The minimum atomic E-state index is -0.852. The predicted octanol–water partition coefficient (Wildman–Crippen LogP) is 1.47. The molecule has 172 valence electrons. The molecule has 1 heterocycles. The number of β-amino-alcohol motifs (C(OH)–C–C–N with tert-alkyl or cyclic N) is 1. The molecule has 9 heteroatoms. The third-order valence-corrected chi connectivity index (χ3v) is 4.55. The van der Waals surface area contributed by atoms with Gasteiger partial charge >= 0.3 is 0 Å². The summed E-state index contributed by atoms with van der Waals surface area (Å²) in [5, 5.41) is 17.2. The van der Waals surface area contributed by atoms with Gasteiger partial charge in [-0.1, -0.05) is 12.1 Å². The first-order chi connectivity index (χ1) is 14.0. The number of aliphatic imine (C=N–C) groups is 1. The highest BCUT2D eigenvalue weighted by molar-refractivity contribution is 14.0. The van der Waals surface area contributed by atoms with Crippen LogP contribution in [0.2, 0.25) is 0 Å². The van der Waals surface area contributed by atoms with Gasteiger partial charge in [-0.2, -0.15) is 0 Å². The molecule has 1 fully saturated rings. The number of hydrogen-bond acceptors (Lipinski definition) is 6. The number of hydrogen-bond donors (Lipinski definition) is 3. The van der Waals surface area contributed by atoms with Crippen molar-refractivity contribution in [2.75, 3.05) is 66.3 Å². The minimum absolute atomic E-state index is 0. The average molecular weight is 536 g/mol. The predicted molar refractivity (Wildman–Crippen MR) is 130 cm³/mol. The molecule has 0 saturated carbocycles. The number of rotatable bonds is 11. The molecule has 0 spiro atoms. The highest BCUT2D eigenvalue weighted by atomic mass is 127. The van der Waals surface area contributed by atoms with E-state index in [4.69, 9.17) is 14.2 Å². The molecule has 1 unspecified atom stereocenters. The Morgan fingerprint density at radius 2 is 1.90 bits per heavy atom. The second kappa shape index (κ2) is 14.8. The summed E-state index contributed by atoms with van der Waals surface area (Å²) >= 11 is 0. The Morgan fingerprint density at radius 1 is 1.20 bits per heavy atom. The van der Waals surface area contributed by atoms with Crippen molar-refractivity contribution in [2.24, 2.45) is 4.99 Å². The first kappa shape index (κ1) is 26.9. The summed E-state index contributed by atoms with van der Waals surface area (Å²) in [7, 11) is 1.66. The Bertz CT molecular complexity index is 608. The van der Waals surface area contributed by atoms with Gasteiger partial charge < -0.3 is 30.0 Å². The van der Waals surface area contributed by atoms with Crippen LogP contribution in [0, 0.1) is 0 Å². The van der Waals surface area contributed by atoms with Crippen molar-refractivity contribution in [2.45, 2.75) is 26.0 Å². The SMILES string of the molecule is CCNC(=NCc1ccc(OCCOC)cc1)NCC(C)(O)CN1CCOCC1.I. The van der Waals surface area contributed by atoms with Crippen LogP contribution in [0.15, 0.2) is 29.3 Å². The Kier molecular flexibility index (Phi) is 13.3. The van der Waals surface area contributed by atoms with Crippen molar-refractivity contribution < 1.29 is 19.3 Å². The fraction of sp³-hybridized carbons (Fsp3) is 0.667. The zero-order valence-corrected chi connectivity index (χ0v) is 20.7. The lowest BCUT2D eigenvalue weighted by molar-refractivity contribution is -0.0201. The summed E-state index contributed by atoms with van der Waals surface area (Å²) in [6, 6.07) is 7.88. The highest BCUT2D eigenvalue weighted by Gasteiger charge is 2.25. The van der Waals surface area contributed by atoms with Gasteiger partial charge in [-0.15, -0.1) is 24.0 Å². The third-order valence-electron chi connectivity index (χ3n) is 4.55. The zero-order chi connectivity index (χ0) is 21.0. The average Bonchev–Trinajstić information content (AvgIpc) is 2.72. The van der Waals surface area contributed by atoms with E-state index in [1.165, 1.54) is 0 Å². The molecule has 30 heavy (non-hydrogen) atoms. The van der Waals surface area contributed by atoms with E-state index in [0.717, 1.165) is 44.2 Å². The molecule has 1 aliphatic heterocycles. The molecule has 0 aliphatic carbocycles. The number of nitrogens with zero attached hydrogens (tertiary/aromatic N) is 2. The first-order valence-corrected chi connectivity index (χ1v) is 10.3. The van der Waals surface area contributed by atoms with Crippen LogP contribution in [-0.4, -0.2) is 87.8 Å². The van der Waals surface area contributed by atoms with Gasteiger partial charge in [0.1, 0.15) is 12.4 Å². The number of nitrogens with one attached hydrogen (secondary N) is 2. The lowest BCUT2D eigenvalue weighted by Gasteiger charge is -2.34. The number of halogens is 1. The van der Waals surface area contributed by atoms with Gasteiger partial charge in [0, 0.05) is 39.8 Å². The Hall–Kier alpha value is -1.14. The molecule has 1 atom stereocenters. The van der Waals surface area contributed by atoms with Crippen LogP contribution in [-0.2, 0) is 16.0 Å². The molecule has 0 radical (unpaired) electrons.